The lowest BCUT2D eigenvalue weighted by atomic mass is 10.2. The summed E-state index contributed by atoms with van der Waals surface area (Å²) in [5.41, 5.74) is 1.79. The largest absolute Gasteiger partial charge is 0.494 e. The fraction of sp³-hybridized carbons (Fsp3) is 0.370. The molecule has 4 rings (SSSR count). The Morgan fingerprint density at radius 2 is 1.62 bits per heavy atom. The van der Waals surface area contributed by atoms with Crippen molar-refractivity contribution in [2.75, 3.05) is 33.2 Å². The molecule has 1 aromatic carbocycles. The maximum Gasteiger partial charge on any atom is 0.187 e. The molecule has 1 N–H and O–H groups in total. The van der Waals surface area contributed by atoms with Crippen LogP contribution in [0.15, 0.2) is 48.8 Å². The number of methoxy groups -OCH3 is 3. The third kappa shape index (κ3) is 5.89. The third-order valence-corrected chi connectivity index (χ3v) is 8.36. The van der Waals surface area contributed by atoms with E-state index in [-0.39, 0.29) is 11.6 Å². The summed E-state index contributed by atoms with van der Waals surface area (Å²) in [4.78, 5) is 13.2. The Hall–Kier alpha value is -4.10. The minimum atomic E-state index is -3.88. The predicted octanol–water partition coefficient (Wildman–Crippen LogP) is 3.57. The van der Waals surface area contributed by atoms with Crippen LogP contribution in [0.25, 0.3) is 17.2 Å². The Labute approximate surface area is 233 Å². The normalized spacial score (nSPS) is 13.1. The lowest BCUT2D eigenvalue weighted by molar-refractivity contribution is 0.0947. The molecule has 212 valence electrons. The molecule has 3 heterocycles. The molecule has 0 aliphatic heterocycles. The Bertz CT molecular complexity index is 1540. The first-order valence-corrected chi connectivity index (χ1v) is 14.3. The summed E-state index contributed by atoms with van der Waals surface area (Å²) in [6.45, 7) is 6.07. The highest BCUT2D eigenvalue weighted by Crippen LogP contribution is 2.37. The van der Waals surface area contributed by atoms with Gasteiger partial charge in [-0.15, -0.1) is 10.2 Å². The molecule has 0 amide bonds. The number of anilines is 1. The number of pyridine rings is 1. The van der Waals surface area contributed by atoms with Crippen LogP contribution in [0.5, 0.6) is 11.5 Å². The molecule has 0 fully saturated rings. The molecule has 13 heteroatoms. The van der Waals surface area contributed by atoms with Crippen molar-refractivity contribution >= 4 is 15.7 Å². The van der Waals surface area contributed by atoms with E-state index >= 15 is 0 Å². The fourth-order valence-corrected chi connectivity index (χ4v) is 5.68. The molecule has 3 aromatic heterocycles. The smallest absolute Gasteiger partial charge is 0.187 e. The lowest BCUT2D eigenvalue weighted by Crippen LogP contribution is -2.30. The van der Waals surface area contributed by atoms with Crippen LogP contribution < -0.4 is 14.8 Å². The summed E-state index contributed by atoms with van der Waals surface area (Å²) in [6.07, 6.45) is 2.36. The Morgan fingerprint density at radius 3 is 2.23 bits per heavy atom. The van der Waals surface area contributed by atoms with Gasteiger partial charge in [0.05, 0.1) is 19.5 Å². The van der Waals surface area contributed by atoms with Crippen molar-refractivity contribution in [1.29, 1.82) is 0 Å². The van der Waals surface area contributed by atoms with Gasteiger partial charge in [-0.3, -0.25) is 4.57 Å². The lowest BCUT2D eigenvalue weighted by Gasteiger charge is -2.22. The van der Waals surface area contributed by atoms with Crippen LogP contribution in [0, 0.1) is 6.92 Å². The first kappa shape index (κ1) is 28.9. The summed E-state index contributed by atoms with van der Waals surface area (Å²) in [5.74, 6) is 1.83. The number of rotatable bonds is 12. The van der Waals surface area contributed by atoms with Gasteiger partial charge in [-0.1, -0.05) is 12.1 Å². The van der Waals surface area contributed by atoms with Gasteiger partial charge in [-0.25, -0.2) is 23.4 Å². The molecule has 40 heavy (non-hydrogen) atoms. The third-order valence-electron chi connectivity index (χ3n) is 6.32. The zero-order chi connectivity index (χ0) is 28.9. The first-order chi connectivity index (χ1) is 19.2. The number of aromatic nitrogens is 6. The average Bonchev–Trinajstić information content (AvgIpc) is 3.36. The summed E-state index contributed by atoms with van der Waals surface area (Å²) >= 11 is 0. The van der Waals surface area contributed by atoms with Gasteiger partial charge in [-0.05, 0) is 50.6 Å². The van der Waals surface area contributed by atoms with Gasteiger partial charge in [0.2, 0.25) is 0 Å². The van der Waals surface area contributed by atoms with Crippen molar-refractivity contribution in [2.24, 2.45) is 0 Å². The molecule has 2 atom stereocenters. The Morgan fingerprint density at radius 1 is 0.975 bits per heavy atom. The second-order valence-corrected chi connectivity index (χ2v) is 11.4. The van der Waals surface area contributed by atoms with Crippen molar-refractivity contribution < 1.29 is 22.6 Å². The standard InChI is InChI=1S/C27H33N7O5S/c1-7-28-22-13-8-10-19(31-22)27-33-32-23(34(27)24-20(37-4)11-9-12-21(24)38-5)16-40(35,36)18(3)25(39-6)26-29-14-17(2)15-30-26/h8-15,18,25H,7,16H2,1-6H3,(H,28,31)/t18-,25-/m0/s1. The van der Waals surface area contributed by atoms with Crippen LogP contribution in [-0.4, -0.2) is 71.3 Å². The summed E-state index contributed by atoms with van der Waals surface area (Å²) in [6, 6.07) is 10.7. The second kappa shape index (κ2) is 12.4. The SMILES string of the molecule is CCNc1cccc(-c2nnc(CS(=O)(=O)[C@@H](C)[C@H](OC)c3ncc(C)cn3)n2-c2c(OC)cccc2OC)n1. The number of aryl methyl sites for hydroxylation is 1. The molecule has 0 unspecified atom stereocenters. The van der Waals surface area contributed by atoms with Gasteiger partial charge in [0, 0.05) is 26.0 Å². The zero-order valence-electron chi connectivity index (χ0n) is 23.3. The number of benzene rings is 1. The Kier molecular flexibility index (Phi) is 8.95. The van der Waals surface area contributed by atoms with Crippen molar-refractivity contribution in [3.63, 3.8) is 0 Å². The molecule has 12 nitrogen and oxygen atoms in total. The summed E-state index contributed by atoms with van der Waals surface area (Å²) in [7, 11) is 0.600. The molecular formula is C27H33N7O5S. The van der Waals surface area contributed by atoms with E-state index in [9.17, 15) is 8.42 Å². The number of nitrogens with one attached hydrogen (secondary N) is 1. The number of nitrogens with zero attached hydrogens (tertiary/aromatic N) is 6. The van der Waals surface area contributed by atoms with E-state index in [1.807, 2.05) is 26.0 Å². The quantitative estimate of drug-likeness (QED) is 0.268. The van der Waals surface area contributed by atoms with E-state index in [2.05, 4.69) is 30.5 Å². The number of hydrogen-bond donors (Lipinski definition) is 1. The van der Waals surface area contributed by atoms with E-state index in [0.717, 1.165) is 5.56 Å². The summed E-state index contributed by atoms with van der Waals surface area (Å²) < 4.78 is 46.1. The maximum absolute atomic E-state index is 13.8. The van der Waals surface area contributed by atoms with E-state index in [0.29, 0.717) is 41.1 Å². The van der Waals surface area contributed by atoms with E-state index < -0.39 is 26.9 Å². The fourth-order valence-electron chi connectivity index (χ4n) is 4.26. The molecule has 0 aliphatic carbocycles. The van der Waals surface area contributed by atoms with Gasteiger partial charge in [0.1, 0.15) is 40.6 Å². The average molecular weight is 568 g/mol. The van der Waals surface area contributed by atoms with Gasteiger partial charge < -0.3 is 19.5 Å². The first-order valence-electron chi connectivity index (χ1n) is 12.6. The highest BCUT2D eigenvalue weighted by Gasteiger charge is 2.35. The number of para-hydroxylation sites is 1. The molecule has 0 spiro atoms. The zero-order valence-corrected chi connectivity index (χ0v) is 24.1. The highest BCUT2D eigenvalue weighted by atomic mass is 32.2. The van der Waals surface area contributed by atoms with Gasteiger partial charge >= 0.3 is 0 Å². The van der Waals surface area contributed by atoms with Crippen molar-refractivity contribution in [3.05, 3.63) is 66.0 Å². The molecule has 4 aromatic rings. The summed E-state index contributed by atoms with van der Waals surface area (Å²) in [5, 5.41) is 10.9. The van der Waals surface area contributed by atoms with Crippen molar-refractivity contribution in [1.82, 2.24) is 29.7 Å². The second-order valence-electron chi connectivity index (χ2n) is 9.01. The minimum absolute atomic E-state index is 0.153. The number of ether oxygens (including phenoxy) is 3. The van der Waals surface area contributed by atoms with Crippen molar-refractivity contribution in [2.45, 2.75) is 37.9 Å². The van der Waals surface area contributed by atoms with Crippen LogP contribution in [0.1, 0.15) is 37.2 Å². The van der Waals surface area contributed by atoms with E-state index in [4.69, 9.17) is 14.2 Å². The predicted molar refractivity (Wildman–Crippen MR) is 150 cm³/mol. The van der Waals surface area contributed by atoms with Crippen LogP contribution in [0.3, 0.4) is 0 Å². The molecule has 0 aliphatic rings. The van der Waals surface area contributed by atoms with Crippen molar-refractivity contribution in [3.8, 4) is 28.7 Å². The van der Waals surface area contributed by atoms with Crippen LogP contribution in [-0.2, 0) is 20.3 Å². The van der Waals surface area contributed by atoms with E-state index in [1.165, 1.54) is 21.3 Å². The number of hydrogen-bond acceptors (Lipinski definition) is 11. The van der Waals surface area contributed by atoms with Gasteiger partial charge in [0.25, 0.3) is 0 Å². The monoisotopic (exact) mass is 567 g/mol. The highest BCUT2D eigenvalue weighted by molar-refractivity contribution is 7.91. The van der Waals surface area contributed by atoms with Crippen LogP contribution in [0.2, 0.25) is 0 Å². The Balaban J connectivity index is 1.85. The van der Waals surface area contributed by atoms with Gasteiger partial charge in [0.15, 0.2) is 27.3 Å². The van der Waals surface area contributed by atoms with Gasteiger partial charge in [-0.2, -0.15) is 0 Å². The number of sulfone groups is 1. The molecule has 0 bridgehead atoms. The topological polar surface area (TPSA) is 143 Å². The molecular weight excluding hydrogens is 534 g/mol. The van der Waals surface area contributed by atoms with E-state index in [1.54, 1.807) is 48.1 Å². The van der Waals surface area contributed by atoms with Crippen LogP contribution in [0.4, 0.5) is 5.82 Å². The molecule has 0 saturated carbocycles. The molecule has 0 radical (unpaired) electrons. The maximum atomic E-state index is 13.8. The van der Waals surface area contributed by atoms with Crippen LogP contribution >= 0.6 is 0 Å². The minimum Gasteiger partial charge on any atom is -0.494 e. The molecule has 0 saturated heterocycles.